The van der Waals surface area contributed by atoms with Gasteiger partial charge in [0.1, 0.15) is 13.2 Å². The summed E-state index contributed by atoms with van der Waals surface area (Å²) in [5, 5.41) is 48.5. The number of aliphatic hydroxyl groups excluding tert-OH is 1. The Bertz CT molecular complexity index is 1740. The van der Waals surface area contributed by atoms with Crippen molar-refractivity contribution in [2.24, 2.45) is 31.0 Å². The highest BCUT2D eigenvalue weighted by Gasteiger charge is 2.13. The second-order valence-electron chi connectivity index (χ2n) is 11.6. The minimum Gasteiger partial charge on any atom is -0.478 e. The highest BCUT2D eigenvalue weighted by molar-refractivity contribution is 5.91. The number of carboxylic acid groups (broad SMARTS) is 1. The van der Waals surface area contributed by atoms with Gasteiger partial charge in [-0.2, -0.15) is 0 Å². The van der Waals surface area contributed by atoms with Crippen LogP contribution >= 0.6 is 0 Å². The molecule has 302 valence electrons. The molecule has 0 radical (unpaired) electrons. The van der Waals surface area contributed by atoms with E-state index in [1.807, 2.05) is 6.92 Å². The predicted molar refractivity (Wildman–Crippen MR) is 202 cm³/mol. The van der Waals surface area contributed by atoms with Crippen LogP contribution in [-0.2, 0) is 23.7 Å². The second kappa shape index (κ2) is 26.0. The zero-order valence-electron chi connectivity index (χ0n) is 31.8. The van der Waals surface area contributed by atoms with E-state index in [4.69, 9.17) is 23.7 Å². The lowest BCUT2D eigenvalue weighted by Crippen LogP contribution is -2.27. The van der Waals surface area contributed by atoms with Crippen molar-refractivity contribution in [3.8, 4) is 0 Å². The maximum atomic E-state index is 13.0. The zero-order chi connectivity index (χ0) is 40.4. The first-order valence-electron chi connectivity index (χ1n) is 17.8. The molecular formula is C37H49N9O10. The fourth-order valence-corrected chi connectivity index (χ4v) is 4.52. The van der Waals surface area contributed by atoms with E-state index >= 15 is 0 Å². The summed E-state index contributed by atoms with van der Waals surface area (Å²) in [7, 11) is 3.19. The topological polar surface area (TPSA) is 222 Å². The predicted octanol–water partition coefficient (Wildman–Crippen LogP) is 5.32. The van der Waals surface area contributed by atoms with Gasteiger partial charge in [0.25, 0.3) is 0 Å². The lowest BCUT2D eigenvalue weighted by molar-refractivity contribution is 0.0391. The van der Waals surface area contributed by atoms with Gasteiger partial charge in [0.15, 0.2) is 0 Å². The highest BCUT2D eigenvalue weighted by Crippen LogP contribution is 2.19. The SMILES string of the molecule is CCOCCN(CCO)/N=N/c1cccc(C(=O)OCCN(CCOC(=O)c2cccc(/N=N\N(CCOC)CCOC)c2)/N=N/c2cccc(C(=O)O)c2)c1. The second-order valence-corrected chi connectivity index (χ2v) is 11.6. The fraction of sp³-hybridized carbons (Fsp3) is 0.432. The first kappa shape index (κ1) is 44.5. The molecular weight excluding hydrogens is 730 g/mol. The van der Waals surface area contributed by atoms with Gasteiger partial charge >= 0.3 is 17.9 Å². The van der Waals surface area contributed by atoms with Crippen molar-refractivity contribution in [1.29, 1.82) is 0 Å². The summed E-state index contributed by atoms with van der Waals surface area (Å²) in [5.74, 6) is -2.35. The molecule has 0 aliphatic carbocycles. The molecule has 0 heterocycles. The lowest BCUT2D eigenvalue weighted by atomic mass is 10.2. The van der Waals surface area contributed by atoms with Crippen molar-refractivity contribution in [3.63, 3.8) is 0 Å². The van der Waals surface area contributed by atoms with E-state index in [1.165, 1.54) is 29.3 Å². The normalized spacial score (nSPS) is 11.4. The van der Waals surface area contributed by atoms with E-state index in [0.717, 1.165) is 0 Å². The number of nitrogens with zero attached hydrogens (tertiary/aromatic N) is 9. The van der Waals surface area contributed by atoms with E-state index in [1.54, 1.807) is 72.8 Å². The number of aliphatic hydroxyl groups is 1. The van der Waals surface area contributed by atoms with Crippen molar-refractivity contribution in [1.82, 2.24) is 15.0 Å². The summed E-state index contributed by atoms with van der Waals surface area (Å²) in [5.41, 5.74) is 1.64. The maximum absolute atomic E-state index is 13.0. The van der Waals surface area contributed by atoms with Crippen LogP contribution in [0.5, 0.6) is 0 Å². The number of carboxylic acids is 1. The van der Waals surface area contributed by atoms with Gasteiger partial charge in [-0.3, -0.25) is 15.0 Å². The van der Waals surface area contributed by atoms with Crippen LogP contribution in [0.4, 0.5) is 17.1 Å². The molecule has 0 aliphatic heterocycles. The van der Waals surface area contributed by atoms with E-state index < -0.39 is 17.9 Å². The average molecular weight is 780 g/mol. The van der Waals surface area contributed by atoms with E-state index in [-0.39, 0.29) is 61.8 Å². The van der Waals surface area contributed by atoms with Crippen LogP contribution in [0.1, 0.15) is 38.0 Å². The molecule has 0 atom stereocenters. The van der Waals surface area contributed by atoms with Gasteiger partial charge in [0.2, 0.25) is 0 Å². The maximum Gasteiger partial charge on any atom is 0.338 e. The Kier molecular flexibility index (Phi) is 20.7. The minimum absolute atomic E-state index is 0.0312. The Balaban J connectivity index is 1.64. The molecule has 0 fully saturated rings. The Morgan fingerprint density at radius 1 is 0.571 bits per heavy atom. The smallest absolute Gasteiger partial charge is 0.338 e. The van der Waals surface area contributed by atoms with Crippen molar-refractivity contribution < 1.29 is 48.3 Å². The molecule has 19 heteroatoms. The molecule has 2 N–H and O–H groups in total. The van der Waals surface area contributed by atoms with Gasteiger partial charge in [-0.15, -0.1) is 15.3 Å². The summed E-state index contributed by atoms with van der Waals surface area (Å²) in [6.45, 7) is 5.24. The molecule has 0 aromatic heterocycles. The molecule has 3 rings (SSSR count). The van der Waals surface area contributed by atoms with E-state index in [9.17, 15) is 24.6 Å². The van der Waals surface area contributed by atoms with Crippen molar-refractivity contribution in [2.45, 2.75) is 6.92 Å². The Morgan fingerprint density at radius 2 is 0.964 bits per heavy atom. The molecule has 19 nitrogen and oxygen atoms in total. The molecule has 0 aliphatic rings. The zero-order valence-corrected chi connectivity index (χ0v) is 31.8. The van der Waals surface area contributed by atoms with E-state index in [0.29, 0.717) is 57.4 Å². The van der Waals surface area contributed by atoms with Crippen molar-refractivity contribution in [3.05, 3.63) is 89.5 Å². The standard InChI is InChI=1S/C37H49N9O10/c1-4-54-23-17-44(14-20-47)41-39-33-12-6-9-30(27-33)36(50)55-24-18-46(43-38-32-11-5-8-29(26-32)35(48)49)19-25-56-37(51)31-10-7-13-34(28-31)40-42-45(15-21-52-2)16-22-53-3/h5-13,26-28,47H,4,14-25H2,1-3H3,(H,48,49)/b41-39+,42-40-,43-38+. The molecule has 56 heavy (non-hydrogen) atoms. The fourth-order valence-electron chi connectivity index (χ4n) is 4.52. The van der Waals surface area contributed by atoms with Crippen LogP contribution in [0, 0.1) is 0 Å². The molecule has 3 aromatic rings. The first-order chi connectivity index (χ1) is 27.3. The third kappa shape index (κ3) is 17.1. The number of methoxy groups -OCH3 is 2. The number of carbonyl (C=O) groups excluding carboxylic acids is 2. The van der Waals surface area contributed by atoms with Gasteiger partial charge in [0, 0.05) is 20.8 Å². The summed E-state index contributed by atoms with van der Waals surface area (Å²) in [6.07, 6.45) is 0. The number of carbonyl (C=O) groups is 3. The lowest BCUT2D eigenvalue weighted by Gasteiger charge is -2.18. The number of ether oxygens (including phenoxy) is 5. The number of benzene rings is 3. The molecule has 0 saturated carbocycles. The number of esters is 2. The Hall–Kier alpha value is -5.89. The van der Waals surface area contributed by atoms with Crippen LogP contribution in [0.3, 0.4) is 0 Å². The summed E-state index contributed by atoms with van der Waals surface area (Å²) in [4.78, 5) is 37.4. The van der Waals surface area contributed by atoms with Crippen molar-refractivity contribution >= 4 is 35.0 Å². The van der Waals surface area contributed by atoms with E-state index in [2.05, 4.69) is 31.0 Å². The number of hydrogen-bond donors (Lipinski definition) is 2. The summed E-state index contributed by atoms with van der Waals surface area (Å²) < 4.78 is 26.6. The average Bonchev–Trinajstić information content (AvgIpc) is 3.21. The summed E-state index contributed by atoms with van der Waals surface area (Å²) >= 11 is 0. The van der Waals surface area contributed by atoms with Gasteiger partial charge in [0.05, 0.1) is 99.4 Å². The first-order valence-corrected chi connectivity index (χ1v) is 17.8. The van der Waals surface area contributed by atoms with Crippen LogP contribution in [0.2, 0.25) is 0 Å². The van der Waals surface area contributed by atoms with Crippen molar-refractivity contribution in [2.75, 3.05) is 99.7 Å². The van der Waals surface area contributed by atoms with Crippen LogP contribution in [0.25, 0.3) is 0 Å². The molecule has 0 unspecified atom stereocenters. The van der Waals surface area contributed by atoms with Crippen LogP contribution in [0.15, 0.2) is 104 Å². The Morgan fingerprint density at radius 3 is 1.38 bits per heavy atom. The number of aromatic carboxylic acids is 1. The van der Waals surface area contributed by atoms with Gasteiger partial charge in [-0.05, 0) is 61.5 Å². The van der Waals surface area contributed by atoms with Crippen LogP contribution in [-0.4, -0.2) is 143 Å². The number of hydrogen-bond acceptors (Lipinski definition) is 15. The van der Waals surface area contributed by atoms with Crippen LogP contribution < -0.4 is 0 Å². The largest absolute Gasteiger partial charge is 0.478 e. The molecule has 0 spiro atoms. The molecule has 0 bridgehead atoms. The Labute approximate surface area is 325 Å². The summed E-state index contributed by atoms with van der Waals surface area (Å²) in [6, 6.07) is 18.8. The number of rotatable bonds is 27. The van der Waals surface area contributed by atoms with Gasteiger partial charge < -0.3 is 33.9 Å². The molecule has 0 saturated heterocycles. The quantitative estimate of drug-likeness (QED) is 0.0433. The third-order valence-electron chi connectivity index (χ3n) is 7.45. The highest BCUT2D eigenvalue weighted by atomic mass is 16.5. The van der Waals surface area contributed by atoms with Gasteiger partial charge in [-0.25, -0.2) is 14.4 Å². The van der Waals surface area contributed by atoms with Gasteiger partial charge in [-0.1, -0.05) is 33.9 Å². The minimum atomic E-state index is -1.12. The monoisotopic (exact) mass is 779 g/mol. The molecule has 0 amide bonds. The third-order valence-corrected chi connectivity index (χ3v) is 7.45. The molecule has 3 aromatic carbocycles.